The summed E-state index contributed by atoms with van der Waals surface area (Å²) in [5, 5.41) is 3.12. The van der Waals surface area contributed by atoms with Crippen LogP contribution in [0.2, 0.25) is 0 Å². The fraction of sp³-hybridized carbons (Fsp3) is 0.692. The normalized spacial score (nSPS) is 15.8. The lowest BCUT2D eigenvalue weighted by Crippen LogP contribution is -2.42. The van der Waals surface area contributed by atoms with Crippen molar-refractivity contribution in [3.8, 4) is 0 Å². The zero-order valence-corrected chi connectivity index (χ0v) is 20.9. The van der Waals surface area contributed by atoms with Gasteiger partial charge < -0.3 is 15.1 Å². The summed E-state index contributed by atoms with van der Waals surface area (Å²) >= 11 is 0. The maximum atomic E-state index is 13.3. The van der Waals surface area contributed by atoms with Crippen molar-refractivity contribution in [2.24, 2.45) is 17.3 Å². The molecule has 1 aliphatic rings. The molecule has 2 amide bonds. The van der Waals surface area contributed by atoms with Gasteiger partial charge in [-0.25, -0.2) is 0 Å². The van der Waals surface area contributed by atoms with E-state index in [1.165, 1.54) is 0 Å². The van der Waals surface area contributed by atoms with Crippen molar-refractivity contribution < 1.29 is 9.59 Å². The maximum absolute atomic E-state index is 13.3. The quantitative estimate of drug-likeness (QED) is 0.577. The number of carbonyl (C=O) groups excluding carboxylic acids is 2. The fourth-order valence-corrected chi connectivity index (χ4v) is 4.22. The number of nitrogens with zero attached hydrogens (tertiary/aromatic N) is 2. The van der Waals surface area contributed by atoms with E-state index in [9.17, 15) is 9.59 Å². The molecule has 0 aliphatic heterocycles. The Kier molecular flexibility index (Phi) is 8.56. The van der Waals surface area contributed by atoms with Gasteiger partial charge in [-0.2, -0.15) is 0 Å². The average Bonchev–Trinajstić information content (AvgIpc) is 3.18. The summed E-state index contributed by atoms with van der Waals surface area (Å²) in [7, 11) is 4.03. The summed E-state index contributed by atoms with van der Waals surface area (Å²) in [5.74, 6) is 0.788. The number of nitrogens with one attached hydrogen (secondary N) is 1. The second-order valence-corrected chi connectivity index (χ2v) is 11.0. The van der Waals surface area contributed by atoms with Crippen LogP contribution in [-0.4, -0.2) is 36.9 Å². The molecule has 1 fully saturated rings. The lowest BCUT2D eigenvalue weighted by molar-refractivity contribution is -0.136. The average molecular weight is 430 g/mol. The molecule has 1 atom stereocenters. The van der Waals surface area contributed by atoms with E-state index in [0.717, 1.165) is 42.6 Å². The smallest absolute Gasteiger partial charge is 0.227 e. The second-order valence-electron chi connectivity index (χ2n) is 11.0. The number of amides is 2. The first-order chi connectivity index (χ1) is 14.4. The van der Waals surface area contributed by atoms with Gasteiger partial charge >= 0.3 is 0 Å². The standard InChI is InChI=1S/C26H43N3O2/c1-18(2)19(3)29(24(30)16-26(4,5)6)17-21-15-22(13-14-23(21)28(7)8)27-25(31)20-11-9-10-12-20/h13-15,18-20H,9-12,16-17H2,1-8H3,(H,27,31)/t19-/m1/s1. The number of hydrogen-bond donors (Lipinski definition) is 1. The summed E-state index contributed by atoms with van der Waals surface area (Å²) in [6.07, 6.45) is 4.76. The Morgan fingerprint density at radius 2 is 1.71 bits per heavy atom. The molecule has 2 rings (SSSR count). The molecular weight excluding hydrogens is 386 g/mol. The molecule has 31 heavy (non-hydrogen) atoms. The first-order valence-corrected chi connectivity index (χ1v) is 11.8. The molecule has 0 saturated heterocycles. The van der Waals surface area contributed by atoms with Crippen LogP contribution in [0.5, 0.6) is 0 Å². The monoisotopic (exact) mass is 429 g/mol. The summed E-state index contributed by atoms with van der Waals surface area (Å²) in [4.78, 5) is 30.0. The van der Waals surface area contributed by atoms with Crippen molar-refractivity contribution in [2.45, 2.75) is 86.2 Å². The largest absolute Gasteiger partial charge is 0.377 e. The molecule has 0 bridgehead atoms. The van der Waals surface area contributed by atoms with Gasteiger partial charge in [0.1, 0.15) is 0 Å². The van der Waals surface area contributed by atoms with Gasteiger partial charge in [0.2, 0.25) is 11.8 Å². The van der Waals surface area contributed by atoms with Crippen molar-refractivity contribution in [1.29, 1.82) is 0 Å². The molecule has 0 radical (unpaired) electrons. The van der Waals surface area contributed by atoms with Crippen LogP contribution in [0.1, 0.15) is 79.2 Å². The van der Waals surface area contributed by atoms with Gasteiger partial charge in [0.15, 0.2) is 0 Å². The van der Waals surface area contributed by atoms with E-state index in [0.29, 0.717) is 18.9 Å². The zero-order chi connectivity index (χ0) is 23.3. The van der Waals surface area contributed by atoms with Crippen LogP contribution in [0.15, 0.2) is 18.2 Å². The molecule has 1 aromatic rings. The fourth-order valence-electron chi connectivity index (χ4n) is 4.22. The first-order valence-electron chi connectivity index (χ1n) is 11.8. The Hall–Kier alpha value is -2.04. The molecule has 1 aromatic carbocycles. The first kappa shape index (κ1) is 25.2. The van der Waals surface area contributed by atoms with E-state index in [2.05, 4.69) is 51.8 Å². The van der Waals surface area contributed by atoms with E-state index >= 15 is 0 Å². The Bertz CT molecular complexity index is 758. The van der Waals surface area contributed by atoms with Crippen LogP contribution < -0.4 is 10.2 Å². The molecule has 1 N–H and O–H groups in total. The number of hydrogen-bond acceptors (Lipinski definition) is 3. The van der Waals surface area contributed by atoms with E-state index in [-0.39, 0.29) is 29.2 Å². The highest BCUT2D eigenvalue weighted by molar-refractivity contribution is 5.93. The molecule has 0 unspecified atom stereocenters. The SMILES string of the molecule is CC(C)[C@@H](C)N(Cc1cc(NC(=O)C2CCCC2)ccc1N(C)C)C(=O)CC(C)(C)C. The third kappa shape index (κ3) is 7.26. The lowest BCUT2D eigenvalue weighted by atomic mass is 9.90. The lowest BCUT2D eigenvalue weighted by Gasteiger charge is -2.35. The van der Waals surface area contributed by atoms with Crippen LogP contribution in [0, 0.1) is 17.3 Å². The van der Waals surface area contributed by atoms with Crippen molar-refractivity contribution in [3.05, 3.63) is 23.8 Å². The molecule has 0 spiro atoms. The van der Waals surface area contributed by atoms with Gasteiger partial charge in [0.25, 0.3) is 0 Å². The van der Waals surface area contributed by atoms with Gasteiger partial charge in [-0.05, 0) is 54.9 Å². The minimum Gasteiger partial charge on any atom is -0.377 e. The van der Waals surface area contributed by atoms with Gasteiger partial charge in [0.05, 0.1) is 0 Å². The van der Waals surface area contributed by atoms with Crippen molar-refractivity contribution in [1.82, 2.24) is 4.90 Å². The van der Waals surface area contributed by atoms with Crippen LogP contribution in [0.4, 0.5) is 11.4 Å². The highest BCUT2D eigenvalue weighted by Crippen LogP contribution is 2.30. The molecule has 1 aliphatic carbocycles. The summed E-state index contributed by atoms with van der Waals surface area (Å²) in [5.41, 5.74) is 2.89. The third-order valence-electron chi connectivity index (χ3n) is 6.35. The topological polar surface area (TPSA) is 52.7 Å². The highest BCUT2D eigenvalue weighted by Gasteiger charge is 2.28. The molecular formula is C26H43N3O2. The molecule has 5 heteroatoms. The van der Waals surface area contributed by atoms with Crippen molar-refractivity contribution in [2.75, 3.05) is 24.3 Å². The minimum atomic E-state index is -0.0620. The maximum Gasteiger partial charge on any atom is 0.227 e. The molecule has 5 nitrogen and oxygen atoms in total. The summed E-state index contributed by atoms with van der Waals surface area (Å²) < 4.78 is 0. The Labute approximate surface area is 189 Å². The molecule has 0 heterocycles. The summed E-state index contributed by atoms with van der Waals surface area (Å²) in [6, 6.07) is 6.19. The van der Waals surface area contributed by atoms with Crippen LogP contribution in [0.3, 0.4) is 0 Å². The number of benzene rings is 1. The number of anilines is 2. The molecule has 0 aromatic heterocycles. The van der Waals surface area contributed by atoms with Gasteiger partial charge in [0, 0.05) is 50.4 Å². The van der Waals surface area contributed by atoms with E-state index in [4.69, 9.17) is 0 Å². The van der Waals surface area contributed by atoms with Crippen LogP contribution in [-0.2, 0) is 16.1 Å². The number of carbonyl (C=O) groups is 2. The second kappa shape index (κ2) is 10.5. The molecule has 174 valence electrons. The Morgan fingerprint density at radius 3 is 2.23 bits per heavy atom. The predicted octanol–water partition coefficient (Wildman–Crippen LogP) is 5.69. The molecule has 1 saturated carbocycles. The Morgan fingerprint density at radius 1 is 1.10 bits per heavy atom. The van der Waals surface area contributed by atoms with E-state index in [1.807, 2.05) is 37.2 Å². The van der Waals surface area contributed by atoms with Gasteiger partial charge in [-0.15, -0.1) is 0 Å². The van der Waals surface area contributed by atoms with Crippen LogP contribution in [0.25, 0.3) is 0 Å². The van der Waals surface area contributed by atoms with E-state index < -0.39 is 0 Å². The third-order valence-corrected chi connectivity index (χ3v) is 6.35. The van der Waals surface area contributed by atoms with Gasteiger partial charge in [-0.3, -0.25) is 9.59 Å². The summed E-state index contributed by atoms with van der Waals surface area (Å²) in [6.45, 7) is 13.3. The minimum absolute atomic E-state index is 0.0620. The Balaban J connectivity index is 2.32. The van der Waals surface area contributed by atoms with Crippen molar-refractivity contribution in [3.63, 3.8) is 0 Å². The highest BCUT2D eigenvalue weighted by atomic mass is 16.2. The van der Waals surface area contributed by atoms with Crippen molar-refractivity contribution >= 4 is 23.2 Å². The van der Waals surface area contributed by atoms with Crippen LogP contribution >= 0.6 is 0 Å². The van der Waals surface area contributed by atoms with Gasteiger partial charge in [-0.1, -0.05) is 47.5 Å². The van der Waals surface area contributed by atoms with E-state index in [1.54, 1.807) is 0 Å². The predicted molar refractivity (Wildman–Crippen MR) is 130 cm³/mol. The zero-order valence-electron chi connectivity index (χ0n) is 20.9. The number of rotatable bonds is 8.